The molecule has 10 nitrogen and oxygen atoms in total. The van der Waals surface area contributed by atoms with Crippen LogP contribution in [0, 0.1) is 5.92 Å². The smallest absolute Gasteiger partial charge is 0.308 e. The lowest BCUT2D eigenvalue weighted by Gasteiger charge is -2.30. The highest BCUT2D eigenvalue weighted by Crippen LogP contribution is 2.44. The number of hydrogen-bond donors (Lipinski definition) is 2. The van der Waals surface area contributed by atoms with Gasteiger partial charge in [0.25, 0.3) is 0 Å². The zero-order valence-corrected chi connectivity index (χ0v) is 23.1. The number of likely N-dealkylation sites (tertiary alicyclic amines) is 1. The maximum absolute atomic E-state index is 13.5. The van der Waals surface area contributed by atoms with E-state index >= 15 is 0 Å². The van der Waals surface area contributed by atoms with Crippen molar-refractivity contribution in [2.75, 3.05) is 46.6 Å². The van der Waals surface area contributed by atoms with Gasteiger partial charge in [0, 0.05) is 57.7 Å². The molecule has 0 aromatic heterocycles. The monoisotopic (exact) mass is 533 g/mol. The van der Waals surface area contributed by atoms with Crippen molar-refractivity contribution in [2.45, 2.75) is 71.4 Å². The number of aliphatic hydroxyl groups is 1. The van der Waals surface area contributed by atoms with Crippen molar-refractivity contribution in [3.05, 3.63) is 23.3 Å². The molecule has 2 amide bonds. The molecule has 1 saturated heterocycles. The fraction of sp³-hybridized carbons (Fsp3) is 0.679. The van der Waals surface area contributed by atoms with Crippen molar-refractivity contribution < 1.29 is 34.1 Å². The molecule has 0 saturated carbocycles. The number of unbranched alkanes of at least 4 members (excludes halogenated alkanes) is 2. The number of amides is 2. The standard InChI is InChI=1S/C28H43N3O7/c1-5-7-10-30(11-8-6-2)25(34)16-31-15-22(20-13-21(17-32)27-24(14-20)37-18-38-27)26(28(35)36)23(31)9-12-29(4)19(3)33/h13-14,22-23,26,32H,5-12,15-18H2,1-4H3,(H,35,36)/t22-,23+,26-/m1/s1. The molecule has 3 rings (SSSR count). The summed E-state index contributed by atoms with van der Waals surface area (Å²) in [5.41, 5.74) is 1.28. The minimum atomic E-state index is -0.947. The summed E-state index contributed by atoms with van der Waals surface area (Å²) in [6.45, 7) is 7.72. The summed E-state index contributed by atoms with van der Waals surface area (Å²) in [5, 5.41) is 20.3. The topological polar surface area (TPSA) is 120 Å². The lowest BCUT2D eigenvalue weighted by Crippen LogP contribution is -2.45. The van der Waals surface area contributed by atoms with Crippen molar-refractivity contribution in [3.8, 4) is 11.5 Å². The lowest BCUT2D eigenvalue weighted by molar-refractivity contribution is -0.144. The van der Waals surface area contributed by atoms with Crippen LogP contribution in [0.1, 0.15) is 69.9 Å². The molecule has 10 heteroatoms. The number of ether oxygens (including phenoxy) is 2. The second-order valence-electron chi connectivity index (χ2n) is 10.4. The molecule has 0 unspecified atom stereocenters. The number of carboxylic acid groups (broad SMARTS) is 1. The van der Waals surface area contributed by atoms with Gasteiger partial charge in [-0.25, -0.2) is 0 Å². The molecular weight excluding hydrogens is 490 g/mol. The number of aliphatic carboxylic acids is 1. The van der Waals surface area contributed by atoms with Crippen molar-refractivity contribution in [2.24, 2.45) is 5.92 Å². The molecule has 0 bridgehead atoms. The number of aliphatic hydroxyl groups excluding tert-OH is 1. The van der Waals surface area contributed by atoms with E-state index in [1.807, 2.05) is 9.80 Å². The van der Waals surface area contributed by atoms with Gasteiger partial charge in [-0.3, -0.25) is 19.3 Å². The van der Waals surface area contributed by atoms with E-state index in [4.69, 9.17) is 9.47 Å². The van der Waals surface area contributed by atoms with E-state index in [9.17, 15) is 24.6 Å². The molecule has 2 aliphatic rings. The van der Waals surface area contributed by atoms with Crippen LogP contribution >= 0.6 is 0 Å². The average molecular weight is 534 g/mol. The Bertz CT molecular complexity index is 977. The zero-order chi connectivity index (χ0) is 27.8. The van der Waals surface area contributed by atoms with Gasteiger partial charge in [-0.1, -0.05) is 26.7 Å². The Hall–Kier alpha value is -2.85. The van der Waals surface area contributed by atoms with E-state index in [1.165, 1.54) is 6.92 Å². The first-order chi connectivity index (χ1) is 18.2. The van der Waals surface area contributed by atoms with E-state index in [0.29, 0.717) is 49.7 Å². The van der Waals surface area contributed by atoms with Crippen LogP contribution in [0.4, 0.5) is 0 Å². The lowest BCUT2D eigenvalue weighted by atomic mass is 9.83. The summed E-state index contributed by atoms with van der Waals surface area (Å²) < 4.78 is 11.1. The summed E-state index contributed by atoms with van der Waals surface area (Å²) in [6.07, 6.45) is 4.24. The zero-order valence-electron chi connectivity index (χ0n) is 23.1. The maximum atomic E-state index is 13.5. The number of carbonyl (C=O) groups excluding carboxylic acids is 2. The first kappa shape index (κ1) is 29.7. The Balaban J connectivity index is 1.92. The van der Waals surface area contributed by atoms with E-state index in [1.54, 1.807) is 24.1 Å². The first-order valence-electron chi connectivity index (χ1n) is 13.7. The van der Waals surface area contributed by atoms with E-state index in [-0.39, 0.29) is 31.8 Å². The highest BCUT2D eigenvalue weighted by atomic mass is 16.7. The number of carboxylic acids is 1. The SMILES string of the molecule is CCCCN(CCCC)C(=O)CN1C[C@H](c2cc(CO)c3c(c2)OCO3)[C@@H](C(=O)O)[C@@H]1CCN(C)C(C)=O. The number of fused-ring (bicyclic) bond motifs is 1. The summed E-state index contributed by atoms with van der Waals surface area (Å²) in [4.78, 5) is 43.5. The third kappa shape index (κ3) is 6.96. The molecule has 3 atom stereocenters. The second-order valence-corrected chi connectivity index (χ2v) is 10.4. The van der Waals surface area contributed by atoms with Crippen molar-refractivity contribution in [3.63, 3.8) is 0 Å². The van der Waals surface area contributed by atoms with Gasteiger partial charge < -0.3 is 29.5 Å². The Morgan fingerprint density at radius 2 is 1.76 bits per heavy atom. The van der Waals surface area contributed by atoms with Gasteiger partial charge in [-0.05, 0) is 37.0 Å². The molecule has 38 heavy (non-hydrogen) atoms. The predicted octanol–water partition coefficient (Wildman–Crippen LogP) is 2.67. The molecule has 2 heterocycles. The number of rotatable bonds is 14. The molecule has 212 valence electrons. The van der Waals surface area contributed by atoms with Crippen molar-refractivity contribution in [1.29, 1.82) is 0 Å². The second kappa shape index (κ2) is 13.8. The van der Waals surface area contributed by atoms with Gasteiger partial charge in [0.05, 0.1) is 19.1 Å². The largest absolute Gasteiger partial charge is 0.481 e. The number of nitrogens with zero attached hydrogens (tertiary/aromatic N) is 3. The molecule has 0 radical (unpaired) electrons. The number of hydrogen-bond acceptors (Lipinski definition) is 7. The normalized spacial score (nSPS) is 20.5. The van der Waals surface area contributed by atoms with Crippen molar-refractivity contribution >= 4 is 17.8 Å². The molecule has 2 aliphatic heterocycles. The summed E-state index contributed by atoms with van der Waals surface area (Å²) in [6, 6.07) is 3.14. The number of benzene rings is 1. The molecule has 0 spiro atoms. The van der Waals surface area contributed by atoms with Crippen LogP contribution in [0.25, 0.3) is 0 Å². The maximum Gasteiger partial charge on any atom is 0.308 e. The van der Waals surface area contributed by atoms with Gasteiger partial charge in [0.15, 0.2) is 11.5 Å². The highest BCUT2D eigenvalue weighted by Gasteiger charge is 2.47. The third-order valence-electron chi connectivity index (χ3n) is 7.76. The van der Waals surface area contributed by atoms with Gasteiger partial charge in [0.1, 0.15) is 0 Å². The van der Waals surface area contributed by atoms with Gasteiger partial charge in [0.2, 0.25) is 18.6 Å². The molecular formula is C28H43N3O7. The first-order valence-corrected chi connectivity index (χ1v) is 13.7. The van der Waals surface area contributed by atoms with Gasteiger partial charge in [-0.15, -0.1) is 0 Å². The van der Waals surface area contributed by atoms with E-state index in [0.717, 1.165) is 31.2 Å². The van der Waals surface area contributed by atoms with Crippen LogP contribution in [-0.4, -0.2) is 95.3 Å². The Morgan fingerprint density at radius 1 is 1.08 bits per heavy atom. The quantitative estimate of drug-likeness (QED) is 0.375. The van der Waals surface area contributed by atoms with Crippen LogP contribution in [-0.2, 0) is 21.0 Å². The highest BCUT2D eigenvalue weighted by molar-refractivity contribution is 5.79. The average Bonchev–Trinajstić information content (AvgIpc) is 3.51. The fourth-order valence-electron chi connectivity index (χ4n) is 5.44. The number of carbonyl (C=O) groups is 3. The van der Waals surface area contributed by atoms with Gasteiger partial charge in [-0.2, -0.15) is 0 Å². The van der Waals surface area contributed by atoms with Crippen LogP contribution in [0.3, 0.4) is 0 Å². The Kier molecular flexibility index (Phi) is 10.8. The van der Waals surface area contributed by atoms with Crippen LogP contribution in [0.2, 0.25) is 0 Å². The summed E-state index contributed by atoms with van der Waals surface area (Å²) in [5.74, 6) is -1.29. The molecule has 1 fully saturated rings. The Labute approximate surface area is 225 Å². The predicted molar refractivity (Wildman–Crippen MR) is 142 cm³/mol. The van der Waals surface area contributed by atoms with Crippen LogP contribution < -0.4 is 9.47 Å². The summed E-state index contributed by atoms with van der Waals surface area (Å²) in [7, 11) is 1.70. The molecule has 2 N–H and O–H groups in total. The van der Waals surface area contributed by atoms with E-state index < -0.39 is 23.8 Å². The Morgan fingerprint density at radius 3 is 2.34 bits per heavy atom. The molecule has 0 aliphatic carbocycles. The van der Waals surface area contributed by atoms with Crippen LogP contribution in [0.15, 0.2) is 12.1 Å². The fourth-order valence-corrected chi connectivity index (χ4v) is 5.44. The molecule has 1 aromatic rings. The van der Waals surface area contributed by atoms with Crippen molar-refractivity contribution in [1.82, 2.24) is 14.7 Å². The minimum absolute atomic E-state index is 0.00310. The van der Waals surface area contributed by atoms with Gasteiger partial charge >= 0.3 is 5.97 Å². The van der Waals surface area contributed by atoms with Crippen LogP contribution in [0.5, 0.6) is 11.5 Å². The third-order valence-corrected chi connectivity index (χ3v) is 7.76. The summed E-state index contributed by atoms with van der Waals surface area (Å²) >= 11 is 0. The molecule has 1 aromatic carbocycles. The van der Waals surface area contributed by atoms with E-state index in [2.05, 4.69) is 13.8 Å². The minimum Gasteiger partial charge on any atom is -0.481 e.